The fraction of sp³-hybridized carbons (Fsp3) is 0.312. The van der Waals surface area contributed by atoms with E-state index in [1.165, 1.54) is 11.3 Å². The summed E-state index contributed by atoms with van der Waals surface area (Å²) in [5, 5.41) is 5.20. The Labute approximate surface area is 132 Å². The second-order valence-corrected chi connectivity index (χ2v) is 6.19. The van der Waals surface area contributed by atoms with Crippen LogP contribution in [0.5, 0.6) is 0 Å². The smallest absolute Gasteiger partial charge is 0.309 e. The molecule has 2 heterocycles. The average molecular weight is 316 g/mol. The first-order valence-corrected chi connectivity index (χ1v) is 8.01. The second-order valence-electron chi connectivity index (χ2n) is 5.34. The van der Waals surface area contributed by atoms with E-state index < -0.39 is 0 Å². The van der Waals surface area contributed by atoms with E-state index in [0.29, 0.717) is 11.6 Å². The van der Waals surface area contributed by atoms with Crippen molar-refractivity contribution in [2.45, 2.75) is 25.9 Å². The Morgan fingerprint density at radius 1 is 1.41 bits per heavy atom. The summed E-state index contributed by atoms with van der Waals surface area (Å²) in [7, 11) is 0. The van der Waals surface area contributed by atoms with E-state index in [0.717, 1.165) is 11.3 Å². The molecule has 114 valence electrons. The first-order chi connectivity index (χ1) is 10.6. The molecule has 1 amide bonds. The molecule has 1 aliphatic heterocycles. The number of amides is 1. The standard InChI is InChI=1S/C16H16N2O3S/c1-10-7-12(15(20)21-10)8-14(19)18-16-17-13(9-22-16)11-5-3-2-4-6-11/h2-6,9-10,12H,7-8H2,1H3,(H,17,18,19)/t10-,12+/m1/s1. The summed E-state index contributed by atoms with van der Waals surface area (Å²) in [5.41, 5.74) is 1.84. The van der Waals surface area contributed by atoms with Crippen LogP contribution in [0.2, 0.25) is 0 Å². The number of esters is 1. The summed E-state index contributed by atoms with van der Waals surface area (Å²) in [4.78, 5) is 28.0. The number of hydrogen-bond acceptors (Lipinski definition) is 5. The summed E-state index contributed by atoms with van der Waals surface area (Å²) < 4.78 is 5.05. The minimum Gasteiger partial charge on any atom is -0.462 e. The molecule has 1 N–H and O–H groups in total. The third kappa shape index (κ3) is 3.33. The van der Waals surface area contributed by atoms with Crippen LogP contribution in [0, 0.1) is 5.92 Å². The highest BCUT2D eigenvalue weighted by Crippen LogP contribution is 2.27. The van der Waals surface area contributed by atoms with Crippen LogP contribution in [-0.4, -0.2) is 23.0 Å². The highest BCUT2D eigenvalue weighted by Gasteiger charge is 2.33. The number of thiazole rings is 1. The minimum absolute atomic E-state index is 0.102. The van der Waals surface area contributed by atoms with E-state index >= 15 is 0 Å². The Kier molecular flexibility index (Phi) is 4.20. The van der Waals surface area contributed by atoms with Gasteiger partial charge < -0.3 is 10.1 Å². The van der Waals surface area contributed by atoms with Gasteiger partial charge in [-0.2, -0.15) is 0 Å². The summed E-state index contributed by atoms with van der Waals surface area (Å²) >= 11 is 1.37. The number of anilines is 1. The van der Waals surface area contributed by atoms with Gasteiger partial charge in [0.1, 0.15) is 0 Å². The number of ether oxygens (including phenoxy) is 1. The normalized spacial score (nSPS) is 20.7. The predicted molar refractivity (Wildman–Crippen MR) is 84.5 cm³/mol. The van der Waals surface area contributed by atoms with Crippen molar-refractivity contribution in [1.82, 2.24) is 4.98 Å². The van der Waals surface area contributed by atoms with Gasteiger partial charge in [-0.05, 0) is 13.3 Å². The molecule has 22 heavy (non-hydrogen) atoms. The highest BCUT2D eigenvalue weighted by molar-refractivity contribution is 7.14. The van der Waals surface area contributed by atoms with Gasteiger partial charge in [-0.15, -0.1) is 11.3 Å². The SMILES string of the molecule is C[C@@H]1C[C@@H](CC(=O)Nc2nc(-c3ccccc3)cs2)C(=O)O1. The highest BCUT2D eigenvalue weighted by atomic mass is 32.1. The van der Waals surface area contributed by atoms with Gasteiger partial charge in [0.05, 0.1) is 17.7 Å². The van der Waals surface area contributed by atoms with Crippen molar-refractivity contribution in [3.05, 3.63) is 35.7 Å². The maximum Gasteiger partial charge on any atom is 0.309 e. The van der Waals surface area contributed by atoms with Gasteiger partial charge >= 0.3 is 5.97 Å². The van der Waals surface area contributed by atoms with Gasteiger partial charge in [-0.25, -0.2) is 4.98 Å². The maximum absolute atomic E-state index is 12.0. The van der Waals surface area contributed by atoms with Crippen LogP contribution in [0.1, 0.15) is 19.8 Å². The number of benzene rings is 1. The molecule has 1 aromatic carbocycles. The van der Waals surface area contributed by atoms with Crippen molar-refractivity contribution >= 4 is 28.3 Å². The molecular weight excluding hydrogens is 300 g/mol. The van der Waals surface area contributed by atoms with E-state index in [-0.39, 0.29) is 30.3 Å². The number of hydrogen-bond donors (Lipinski definition) is 1. The molecule has 0 spiro atoms. The van der Waals surface area contributed by atoms with Crippen molar-refractivity contribution < 1.29 is 14.3 Å². The molecule has 0 bridgehead atoms. The van der Waals surface area contributed by atoms with Crippen molar-refractivity contribution in [2.24, 2.45) is 5.92 Å². The van der Waals surface area contributed by atoms with Crippen LogP contribution < -0.4 is 5.32 Å². The lowest BCUT2D eigenvalue weighted by Crippen LogP contribution is -2.19. The summed E-state index contributed by atoms with van der Waals surface area (Å²) in [5.74, 6) is -0.833. The third-order valence-electron chi connectivity index (χ3n) is 3.52. The number of carbonyl (C=O) groups excluding carboxylic acids is 2. The van der Waals surface area contributed by atoms with E-state index in [9.17, 15) is 9.59 Å². The number of aromatic nitrogens is 1. The first kappa shape index (κ1) is 14.7. The lowest BCUT2D eigenvalue weighted by Gasteiger charge is -2.04. The molecular formula is C16H16N2O3S. The molecule has 6 heteroatoms. The summed E-state index contributed by atoms with van der Waals surface area (Å²) in [6.45, 7) is 1.84. The van der Waals surface area contributed by atoms with Crippen molar-refractivity contribution in [3.63, 3.8) is 0 Å². The Bertz CT molecular complexity index is 684. The fourth-order valence-electron chi connectivity index (χ4n) is 2.47. The van der Waals surface area contributed by atoms with Gasteiger partial charge in [0.2, 0.25) is 5.91 Å². The number of carbonyl (C=O) groups is 2. The topological polar surface area (TPSA) is 68.3 Å². The van der Waals surface area contributed by atoms with Crippen molar-refractivity contribution in [3.8, 4) is 11.3 Å². The van der Waals surface area contributed by atoms with Crippen LogP contribution in [0.3, 0.4) is 0 Å². The van der Waals surface area contributed by atoms with Crippen molar-refractivity contribution in [2.75, 3.05) is 5.32 Å². The fourth-order valence-corrected chi connectivity index (χ4v) is 3.21. The zero-order valence-electron chi connectivity index (χ0n) is 12.1. The van der Waals surface area contributed by atoms with Gasteiger partial charge in [-0.3, -0.25) is 9.59 Å². The molecule has 3 rings (SSSR count). The number of cyclic esters (lactones) is 1. The molecule has 0 saturated carbocycles. The molecule has 0 aliphatic carbocycles. The summed E-state index contributed by atoms with van der Waals surface area (Å²) in [6.07, 6.45) is 0.637. The molecule has 5 nitrogen and oxygen atoms in total. The minimum atomic E-state index is -0.344. The summed E-state index contributed by atoms with van der Waals surface area (Å²) in [6, 6.07) is 9.77. The van der Waals surface area contributed by atoms with E-state index in [1.54, 1.807) is 0 Å². The van der Waals surface area contributed by atoms with Gasteiger partial charge in [-0.1, -0.05) is 30.3 Å². The molecule has 2 aromatic rings. The average Bonchev–Trinajstić information content (AvgIpc) is 3.07. The van der Waals surface area contributed by atoms with Gasteiger partial charge in [0, 0.05) is 17.4 Å². The molecule has 2 atom stereocenters. The molecule has 0 radical (unpaired) electrons. The monoisotopic (exact) mass is 316 g/mol. The number of rotatable bonds is 4. The van der Waals surface area contributed by atoms with Crippen LogP contribution in [-0.2, 0) is 14.3 Å². The number of nitrogens with one attached hydrogen (secondary N) is 1. The molecule has 0 unspecified atom stereocenters. The predicted octanol–water partition coefficient (Wildman–Crippen LogP) is 3.09. The molecule has 1 saturated heterocycles. The van der Waals surface area contributed by atoms with Crippen LogP contribution in [0.25, 0.3) is 11.3 Å². The van der Waals surface area contributed by atoms with Crippen LogP contribution in [0.4, 0.5) is 5.13 Å². The molecule has 1 aliphatic rings. The van der Waals surface area contributed by atoms with E-state index in [4.69, 9.17) is 4.74 Å². The van der Waals surface area contributed by atoms with E-state index in [1.807, 2.05) is 42.6 Å². The number of nitrogens with zero attached hydrogens (tertiary/aromatic N) is 1. The van der Waals surface area contributed by atoms with Crippen LogP contribution in [0.15, 0.2) is 35.7 Å². The zero-order chi connectivity index (χ0) is 15.5. The van der Waals surface area contributed by atoms with Crippen LogP contribution >= 0.6 is 11.3 Å². The maximum atomic E-state index is 12.0. The molecule has 1 fully saturated rings. The second kappa shape index (κ2) is 6.27. The third-order valence-corrected chi connectivity index (χ3v) is 4.28. The zero-order valence-corrected chi connectivity index (χ0v) is 12.9. The van der Waals surface area contributed by atoms with Gasteiger partial charge in [0.15, 0.2) is 5.13 Å². The Balaban J connectivity index is 1.61. The lowest BCUT2D eigenvalue weighted by molar-refractivity contribution is -0.144. The molecule has 1 aromatic heterocycles. The largest absolute Gasteiger partial charge is 0.462 e. The quantitative estimate of drug-likeness (QED) is 0.880. The van der Waals surface area contributed by atoms with Crippen molar-refractivity contribution in [1.29, 1.82) is 0 Å². The lowest BCUT2D eigenvalue weighted by atomic mass is 10.0. The Hall–Kier alpha value is -2.21. The van der Waals surface area contributed by atoms with E-state index in [2.05, 4.69) is 10.3 Å². The van der Waals surface area contributed by atoms with Gasteiger partial charge in [0.25, 0.3) is 0 Å². The Morgan fingerprint density at radius 3 is 2.86 bits per heavy atom. The first-order valence-electron chi connectivity index (χ1n) is 7.13. The Morgan fingerprint density at radius 2 is 2.18 bits per heavy atom.